The number of carboxylic acids is 1. The molecule has 17 heavy (non-hydrogen) atoms. The van der Waals surface area contributed by atoms with Crippen molar-refractivity contribution >= 4 is 37.8 Å². The number of ether oxygens (including phenoxy) is 2. The van der Waals surface area contributed by atoms with E-state index in [1.54, 1.807) is 7.11 Å². The van der Waals surface area contributed by atoms with Crippen LogP contribution in [-0.4, -0.2) is 30.9 Å². The molecule has 0 spiro atoms. The molecule has 1 atom stereocenters. The van der Waals surface area contributed by atoms with Crippen LogP contribution in [0.5, 0.6) is 5.75 Å². The van der Waals surface area contributed by atoms with Crippen LogP contribution < -0.4 is 4.74 Å². The lowest BCUT2D eigenvalue weighted by Crippen LogP contribution is -2.16. The molecule has 0 fully saturated rings. The highest BCUT2D eigenvalue weighted by Crippen LogP contribution is 2.34. The van der Waals surface area contributed by atoms with Crippen LogP contribution in [0.4, 0.5) is 0 Å². The van der Waals surface area contributed by atoms with Crippen LogP contribution in [0.1, 0.15) is 17.3 Å². The number of hydrogen-bond donors (Lipinski definition) is 1. The van der Waals surface area contributed by atoms with Crippen molar-refractivity contribution in [2.45, 2.75) is 13.0 Å². The predicted octanol–water partition coefficient (Wildman–Crippen LogP) is 3.32. The van der Waals surface area contributed by atoms with Gasteiger partial charge in [-0.05, 0) is 50.9 Å². The number of carbonyl (C=O) groups is 1. The van der Waals surface area contributed by atoms with E-state index in [1.165, 1.54) is 12.1 Å². The number of carboxylic acid groups (broad SMARTS) is 1. The Bertz CT molecular complexity index is 397. The highest BCUT2D eigenvalue weighted by molar-refractivity contribution is 9.11. The van der Waals surface area contributed by atoms with Crippen molar-refractivity contribution in [1.82, 2.24) is 0 Å². The van der Waals surface area contributed by atoms with E-state index >= 15 is 0 Å². The summed E-state index contributed by atoms with van der Waals surface area (Å²) in [7, 11) is 1.60. The van der Waals surface area contributed by atoms with E-state index < -0.39 is 5.97 Å². The highest BCUT2D eigenvalue weighted by atomic mass is 79.9. The van der Waals surface area contributed by atoms with Gasteiger partial charge in [0.15, 0.2) is 0 Å². The quantitative estimate of drug-likeness (QED) is 0.867. The molecule has 0 saturated carbocycles. The van der Waals surface area contributed by atoms with Gasteiger partial charge in [-0.25, -0.2) is 4.79 Å². The first kappa shape index (κ1) is 14.5. The van der Waals surface area contributed by atoms with E-state index in [0.717, 1.165) is 0 Å². The Morgan fingerprint density at radius 3 is 2.35 bits per heavy atom. The molecular weight excluding hydrogens is 356 g/mol. The molecule has 1 rings (SSSR count). The summed E-state index contributed by atoms with van der Waals surface area (Å²) in [5, 5.41) is 8.88. The zero-order valence-corrected chi connectivity index (χ0v) is 12.5. The highest BCUT2D eigenvalue weighted by Gasteiger charge is 2.13. The largest absolute Gasteiger partial charge is 0.489 e. The van der Waals surface area contributed by atoms with Crippen LogP contribution in [-0.2, 0) is 4.74 Å². The number of rotatable bonds is 5. The third-order valence-electron chi connectivity index (χ3n) is 2.11. The van der Waals surface area contributed by atoms with Crippen molar-refractivity contribution in [3.8, 4) is 5.75 Å². The predicted molar refractivity (Wildman–Crippen MR) is 70.8 cm³/mol. The monoisotopic (exact) mass is 366 g/mol. The lowest BCUT2D eigenvalue weighted by atomic mass is 10.2. The first-order chi connectivity index (χ1) is 7.95. The molecule has 6 heteroatoms. The van der Waals surface area contributed by atoms with Gasteiger partial charge in [0.1, 0.15) is 12.4 Å². The molecule has 0 radical (unpaired) electrons. The van der Waals surface area contributed by atoms with Gasteiger partial charge >= 0.3 is 5.97 Å². The molecular formula is C11H12Br2O4. The van der Waals surface area contributed by atoms with Crippen molar-refractivity contribution in [1.29, 1.82) is 0 Å². The summed E-state index contributed by atoms with van der Waals surface area (Å²) in [6.07, 6.45) is -0.0343. The van der Waals surface area contributed by atoms with Crippen LogP contribution in [0.2, 0.25) is 0 Å². The molecule has 0 aromatic heterocycles. The first-order valence-corrected chi connectivity index (χ1v) is 6.42. The van der Waals surface area contributed by atoms with Crippen LogP contribution in [0.3, 0.4) is 0 Å². The lowest BCUT2D eigenvalue weighted by Gasteiger charge is -2.14. The average Bonchev–Trinajstić information content (AvgIpc) is 2.27. The van der Waals surface area contributed by atoms with Gasteiger partial charge in [-0.15, -0.1) is 0 Å². The number of hydrogen-bond acceptors (Lipinski definition) is 3. The zero-order valence-electron chi connectivity index (χ0n) is 9.37. The molecule has 4 nitrogen and oxygen atoms in total. The third-order valence-corrected chi connectivity index (χ3v) is 3.29. The van der Waals surface area contributed by atoms with Crippen molar-refractivity contribution in [2.75, 3.05) is 13.7 Å². The summed E-state index contributed by atoms with van der Waals surface area (Å²) >= 11 is 6.56. The standard InChI is InChI=1S/C11H12Br2O4/c1-6(16-2)5-17-10-8(12)3-7(11(14)15)4-9(10)13/h3-4,6H,5H2,1-2H3,(H,14,15). The summed E-state index contributed by atoms with van der Waals surface area (Å²) < 4.78 is 11.8. The minimum Gasteiger partial charge on any atom is -0.489 e. The maximum atomic E-state index is 10.8. The normalized spacial score (nSPS) is 12.2. The Balaban J connectivity index is 2.90. The van der Waals surface area contributed by atoms with Gasteiger partial charge < -0.3 is 14.6 Å². The molecule has 1 aromatic rings. The second kappa shape index (κ2) is 6.37. The summed E-state index contributed by atoms with van der Waals surface area (Å²) in [5.74, 6) is -0.415. The van der Waals surface area contributed by atoms with E-state index in [1.807, 2.05) is 6.92 Å². The summed E-state index contributed by atoms with van der Waals surface area (Å²) in [6, 6.07) is 3.00. The summed E-state index contributed by atoms with van der Waals surface area (Å²) in [4.78, 5) is 10.8. The van der Waals surface area contributed by atoms with E-state index in [2.05, 4.69) is 31.9 Å². The van der Waals surface area contributed by atoms with Crippen molar-refractivity contribution in [3.05, 3.63) is 26.6 Å². The SMILES string of the molecule is COC(C)COc1c(Br)cc(C(=O)O)cc1Br. The Hall–Kier alpha value is -0.590. The summed E-state index contributed by atoms with van der Waals surface area (Å²) in [5.41, 5.74) is 0.191. The lowest BCUT2D eigenvalue weighted by molar-refractivity contribution is 0.0691. The fraction of sp³-hybridized carbons (Fsp3) is 0.364. The van der Waals surface area contributed by atoms with E-state index in [4.69, 9.17) is 14.6 Å². The van der Waals surface area contributed by atoms with Crippen molar-refractivity contribution in [2.24, 2.45) is 0 Å². The van der Waals surface area contributed by atoms with E-state index in [0.29, 0.717) is 21.3 Å². The Morgan fingerprint density at radius 2 is 1.94 bits per heavy atom. The maximum Gasteiger partial charge on any atom is 0.335 e. The fourth-order valence-electron chi connectivity index (χ4n) is 1.09. The minimum atomic E-state index is -0.983. The topological polar surface area (TPSA) is 55.8 Å². The second-order valence-electron chi connectivity index (χ2n) is 3.43. The van der Waals surface area contributed by atoms with Gasteiger partial charge in [0.2, 0.25) is 0 Å². The fourth-order valence-corrected chi connectivity index (χ4v) is 2.51. The molecule has 1 aromatic carbocycles. The number of methoxy groups -OCH3 is 1. The van der Waals surface area contributed by atoms with Gasteiger partial charge in [0.05, 0.1) is 20.6 Å². The molecule has 0 aliphatic carbocycles. The molecule has 0 bridgehead atoms. The smallest absolute Gasteiger partial charge is 0.335 e. The third kappa shape index (κ3) is 3.97. The van der Waals surface area contributed by atoms with Crippen molar-refractivity contribution in [3.63, 3.8) is 0 Å². The van der Waals surface area contributed by atoms with E-state index in [9.17, 15) is 4.79 Å². The van der Waals surface area contributed by atoms with Gasteiger partial charge in [-0.1, -0.05) is 0 Å². The molecule has 1 N–H and O–H groups in total. The first-order valence-electron chi connectivity index (χ1n) is 4.83. The Labute approximate surface area is 116 Å². The molecule has 0 aliphatic heterocycles. The van der Waals surface area contributed by atoms with Crippen LogP contribution in [0.25, 0.3) is 0 Å². The Morgan fingerprint density at radius 1 is 1.41 bits per heavy atom. The number of aromatic carboxylic acids is 1. The minimum absolute atomic E-state index is 0.0343. The van der Waals surface area contributed by atoms with Crippen LogP contribution in [0.15, 0.2) is 21.1 Å². The molecule has 1 unspecified atom stereocenters. The summed E-state index contributed by atoms with van der Waals surface area (Å²) in [6.45, 7) is 2.27. The molecule has 0 heterocycles. The average molecular weight is 368 g/mol. The molecule has 94 valence electrons. The zero-order chi connectivity index (χ0) is 13.0. The Kier molecular flexibility index (Phi) is 5.42. The van der Waals surface area contributed by atoms with Crippen LogP contribution in [0, 0.1) is 0 Å². The van der Waals surface area contributed by atoms with E-state index in [-0.39, 0.29) is 11.7 Å². The van der Waals surface area contributed by atoms with Gasteiger partial charge in [0.25, 0.3) is 0 Å². The molecule has 0 saturated heterocycles. The van der Waals surface area contributed by atoms with Crippen molar-refractivity contribution < 1.29 is 19.4 Å². The second-order valence-corrected chi connectivity index (χ2v) is 5.14. The maximum absolute atomic E-state index is 10.8. The van der Waals surface area contributed by atoms with Gasteiger partial charge in [0, 0.05) is 7.11 Å². The number of halogens is 2. The van der Waals surface area contributed by atoms with Gasteiger partial charge in [-0.2, -0.15) is 0 Å². The molecule has 0 amide bonds. The number of benzene rings is 1. The van der Waals surface area contributed by atoms with Gasteiger partial charge in [-0.3, -0.25) is 0 Å². The van der Waals surface area contributed by atoms with Crippen LogP contribution >= 0.6 is 31.9 Å². The molecule has 0 aliphatic rings.